The molecule has 112 valence electrons. The zero-order chi connectivity index (χ0) is 15.4. The molecule has 4 nitrogen and oxygen atoms in total. The number of H-pyrrole nitrogens is 1. The van der Waals surface area contributed by atoms with Crippen molar-refractivity contribution in [3.05, 3.63) is 71.0 Å². The van der Waals surface area contributed by atoms with E-state index in [2.05, 4.69) is 64.7 Å². The summed E-state index contributed by atoms with van der Waals surface area (Å²) in [4.78, 5) is 4.19. The topological polar surface area (TPSA) is 53.6 Å². The molecule has 0 aliphatic carbocycles. The Balaban J connectivity index is 1.66. The summed E-state index contributed by atoms with van der Waals surface area (Å²) in [5, 5.41) is 10.3. The van der Waals surface area contributed by atoms with Gasteiger partial charge in [-0.05, 0) is 42.2 Å². The Kier molecular flexibility index (Phi) is 4.30. The summed E-state index contributed by atoms with van der Waals surface area (Å²) >= 11 is 0. The van der Waals surface area contributed by atoms with E-state index in [-0.39, 0.29) is 0 Å². The Bertz CT molecular complexity index is 727. The Morgan fingerprint density at radius 2 is 1.77 bits per heavy atom. The molecule has 0 aliphatic rings. The minimum absolute atomic E-state index is 0.802. The predicted octanol–water partition coefficient (Wildman–Crippen LogP) is 3.38. The van der Waals surface area contributed by atoms with Crippen molar-refractivity contribution in [2.45, 2.75) is 26.9 Å². The standard InChI is InChI=1S/C18H20N4/c1-13-5-3-6-14(2)17(13)11-19-10-15-7-4-8-16(9-15)18-20-12-21-22-18/h3-9,12,19H,10-11H2,1-2H3,(H,20,21,22). The van der Waals surface area contributed by atoms with Crippen LogP contribution in [0.15, 0.2) is 48.8 Å². The molecule has 0 spiro atoms. The molecule has 1 aromatic heterocycles. The van der Waals surface area contributed by atoms with Gasteiger partial charge in [-0.3, -0.25) is 5.10 Å². The first-order valence-corrected chi connectivity index (χ1v) is 7.44. The highest BCUT2D eigenvalue weighted by molar-refractivity contribution is 5.55. The van der Waals surface area contributed by atoms with Gasteiger partial charge in [-0.2, -0.15) is 5.10 Å². The van der Waals surface area contributed by atoms with Crippen molar-refractivity contribution >= 4 is 0 Å². The summed E-state index contributed by atoms with van der Waals surface area (Å²) in [5.74, 6) is 0.802. The molecule has 4 heteroatoms. The number of nitrogens with one attached hydrogen (secondary N) is 2. The van der Waals surface area contributed by atoms with Gasteiger partial charge in [0, 0.05) is 18.7 Å². The molecule has 3 aromatic rings. The van der Waals surface area contributed by atoms with Crippen LogP contribution < -0.4 is 5.32 Å². The third-order valence-electron chi connectivity index (χ3n) is 3.89. The van der Waals surface area contributed by atoms with Crippen molar-refractivity contribution < 1.29 is 0 Å². The Morgan fingerprint density at radius 1 is 1.00 bits per heavy atom. The van der Waals surface area contributed by atoms with Gasteiger partial charge in [0.05, 0.1) is 0 Å². The molecule has 0 saturated carbocycles. The predicted molar refractivity (Wildman–Crippen MR) is 88.3 cm³/mol. The number of aryl methyl sites for hydroxylation is 2. The van der Waals surface area contributed by atoms with Crippen molar-refractivity contribution in [3.8, 4) is 11.4 Å². The number of benzene rings is 2. The molecule has 0 aliphatic heterocycles. The second-order valence-electron chi connectivity index (χ2n) is 5.51. The number of aromatic amines is 1. The lowest BCUT2D eigenvalue weighted by Crippen LogP contribution is -2.14. The highest BCUT2D eigenvalue weighted by Crippen LogP contribution is 2.16. The third kappa shape index (κ3) is 3.23. The summed E-state index contributed by atoms with van der Waals surface area (Å²) in [6.07, 6.45) is 1.53. The van der Waals surface area contributed by atoms with Crippen LogP contribution in [-0.2, 0) is 13.1 Å². The molecular weight excluding hydrogens is 272 g/mol. The summed E-state index contributed by atoms with van der Waals surface area (Å²) in [6.45, 7) is 6.03. The molecule has 0 unspecified atom stereocenters. The molecular formula is C18H20N4. The molecule has 0 amide bonds. The first-order valence-electron chi connectivity index (χ1n) is 7.44. The molecule has 0 atom stereocenters. The van der Waals surface area contributed by atoms with Crippen molar-refractivity contribution in [1.82, 2.24) is 20.5 Å². The van der Waals surface area contributed by atoms with Crippen LogP contribution in [-0.4, -0.2) is 15.2 Å². The molecule has 3 rings (SSSR count). The van der Waals surface area contributed by atoms with Crippen molar-refractivity contribution in [3.63, 3.8) is 0 Å². The van der Waals surface area contributed by atoms with E-state index >= 15 is 0 Å². The lowest BCUT2D eigenvalue weighted by molar-refractivity contribution is 0.688. The van der Waals surface area contributed by atoms with Crippen LogP contribution in [0.5, 0.6) is 0 Å². The summed E-state index contributed by atoms with van der Waals surface area (Å²) in [7, 11) is 0. The van der Waals surface area contributed by atoms with Crippen LogP contribution in [0.2, 0.25) is 0 Å². The van der Waals surface area contributed by atoms with Gasteiger partial charge in [-0.15, -0.1) is 0 Å². The highest BCUT2D eigenvalue weighted by Gasteiger charge is 2.04. The summed E-state index contributed by atoms with van der Waals surface area (Å²) in [5.41, 5.74) is 6.35. The monoisotopic (exact) mass is 292 g/mol. The molecule has 2 aromatic carbocycles. The van der Waals surface area contributed by atoms with E-state index in [1.54, 1.807) is 0 Å². The normalized spacial score (nSPS) is 10.8. The van der Waals surface area contributed by atoms with Gasteiger partial charge in [0.1, 0.15) is 6.33 Å². The largest absolute Gasteiger partial charge is 0.309 e. The fraction of sp³-hybridized carbons (Fsp3) is 0.222. The van der Waals surface area contributed by atoms with E-state index in [9.17, 15) is 0 Å². The second-order valence-corrected chi connectivity index (χ2v) is 5.51. The van der Waals surface area contributed by atoms with Crippen LogP contribution in [0.25, 0.3) is 11.4 Å². The van der Waals surface area contributed by atoms with Gasteiger partial charge < -0.3 is 5.32 Å². The third-order valence-corrected chi connectivity index (χ3v) is 3.89. The summed E-state index contributed by atoms with van der Waals surface area (Å²) in [6, 6.07) is 14.8. The number of rotatable bonds is 5. The fourth-order valence-corrected chi connectivity index (χ4v) is 2.63. The Labute approximate surface area is 130 Å². The molecule has 22 heavy (non-hydrogen) atoms. The molecule has 0 fully saturated rings. The van der Waals surface area contributed by atoms with E-state index < -0.39 is 0 Å². The van der Waals surface area contributed by atoms with Gasteiger partial charge in [0.15, 0.2) is 5.82 Å². The molecule has 2 N–H and O–H groups in total. The number of hydrogen-bond acceptors (Lipinski definition) is 3. The molecule has 0 radical (unpaired) electrons. The number of aromatic nitrogens is 3. The van der Waals surface area contributed by atoms with Crippen molar-refractivity contribution in [2.24, 2.45) is 0 Å². The number of nitrogens with zero attached hydrogens (tertiary/aromatic N) is 2. The van der Waals surface area contributed by atoms with Crippen LogP contribution in [0, 0.1) is 13.8 Å². The molecule has 0 saturated heterocycles. The highest BCUT2D eigenvalue weighted by atomic mass is 15.2. The molecule has 1 heterocycles. The van der Waals surface area contributed by atoms with Gasteiger partial charge in [-0.1, -0.05) is 36.4 Å². The minimum atomic E-state index is 0.802. The van der Waals surface area contributed by atoms with E-state index in [1.165, 1.54) is 28.6 Å². The lowest BCUT2D eigenvalue weighted by Gasteiger charge is -2.11. The minimum Gasteiger partial charge on any atom is -0.309 e. The lowest BCUT2D eigenvalue weighted by atomic mass is 10.0. The zero-order valence-corrected chi connectivity index (χ0v) is 12.9. The summed E-state index contributed by atoms with van der Waals surface area (Å²) < 4.78 is 0. The number of hydrogen-bond donors (Lipinski definition) is 2. The van der Waals surface area contributed by atoms with E-state index in [0.29, 0.717) is 0 Å². The maximum absolute atomic E-state index is 4.19. The second kappa shape index (κ2) is 6.54. The maximum atomic E-state index is 4.19. The van der Waals surface area contributed by atoms with E-state index in [4.69, 9.17) is 0 Å². The van der Waals surface area contributed by atoms with Gasteiger partial charge in [0.25, 0.3) is 0 Å². The van der Waals surface area contributed by atoms with Gasteiger partial charge in [-0.25, -0.2) is 4.98 Å². The zero-order valence-electron chi connectivity index (χ0n) is 12.9. The van der Waals surface area contributed by atoms with E-state index in [0.717, 1.165) is 24.5 Å². The van der Waals surface area contributed by atoms with Gasteiger partial charge in [0.2, 0.25) is 0 Å². The maximum Gasteiger partial charge on any atom is 0.155 e. The smallest absolute Gasteiger partial charge is 0.155 e. The first kappa shape index (κ1) is 14.5. The van der Waals surface area contributed by atoms with Crippen LogP contribution in [0.3, 0.4) is 0 Å². The Morgan fingerprint density at radius 3 is 2.50 bits per heavy atom. The van der Waals surface area contributed by atoms with Crippen molar-refractivity contribution in [2.75, 3.05) is 0 Å². The first-order chi connectivity index (χ1) is 10.7. The quantitative estimate of drug-likeness (QED) is 0.758. The van der Waals surface area contributed by atoms with E-state index in [1.807, 2.05) is 12.1 Å². The SMILES string of the molecule is Cc1cccc(C)c1CNCc1cccc(-c2ncn[nH]2)c1. The van der Waals surface area contributed by atoms with Crippen LogP contribution >= 0.6 is 0 Å². The average Bonchev–Trinajstić information content (AvgIpc) is 3.05. The fourth-order valence-electron chi connectivity index (χ4n) is 2.63. The van der Waals surface area contributed by atoms with Gasteiger partial charge >= 0.3 is 0 Å². The molecule has 0 bridgehead atoms. The Hall–Kier alpha value is -2.46. The average molecular weight is 292 g/mol. The van der Waals surface area contributed by atoms with Crippen LogP contribution in [0.4, 0.5) is 0 Å². The van der Waals surface area contributed by atoms with Crippen LogP contribution in [0.1, 0.15) is 22.3 Å². The van der Waals surface area contributed by atoms with Crippen molar-refractivity contribution in [1.29, 1.82) is 0 Å².